The number of thioether (sulfide) groups is 3. The quantitative estimate of drug-likeness (QED) is 0.163. The van der Waals surface area contributed by atoms with Gasteiger partial charge in [-0.05, 0) is 53.6 Å². The predicted octanol–water partition coefficient (Wildman–Crippen LogP) is 5.62. The highest BCUT2D eigenvalue weighted by molar-refractivity contribution is 8.06. The molecule has 2 aliphatic heterocycles. The number of Topliss-reactive ketones (excluding diaryl/α,β-unsaturated/α-hetero) is 1. The summed E-state index contributed by atoms with van der Waals surface area (Å²) in [5, 5.41) is 9.21. The molecule has 43 heavy (non-hydrogen) atoms. The van der Waals surface area contributed by atoms with Gasteiger partial charge in [-0.25, -0.2) is 4.79 Å². The Morgan fingerprint density at radius 2 is 1.77 bits per heavy atom. The predicted molar refractivity (Wildman–Crippen MR) is 158 cm³/mol. The molecule has 1 saturated heterocycles. The van der Waals surface area contributed by atoms with Crippen LogP contribution in [0.2, 0.25) is 0 Å². The number of aliphatic carboxylic acids is 1. The van der Waals surface area contributed by atoms with Gasteiger partial charge in [-0.3, -0.25) is 14.5 Å². The molecule has 0 aromatic heterocycles. The molecule has 2 aliphatic rings. The number of halogens is 3. The summed E-state index contributed by atoms with van der Waals surface area (Å²) in [5.41, 5.74) is 5.11. The number of ether oxygens (including phenoxy) is 2. The SMILES string of the molecule is COc1ccc(SCC(=O)C2(N)C(=O)N3C(C(=O)O)=C(Sc4ccc(OC(F)(F)F)cc4-c4ccccc4)CS[C@H]32)cc1. The maximum absolute atomic E-state index is 13.3. The molecular formula is C29H23F3N2O6S3. The lowest BCUT2D eigenvalue weighted by atomic mass is 9.84. The lowest BCUT2D eigenvalue weighted by molar-refractivity contribution is -0.274. The summed E-state index contributed by atoms with van der Waals surface area (Å²) in [5.74, 6) is -2.51. The van der Waals surface area contributed by atoms with Gasteiger partial charge in [-0.1, -0.05) is 42.1 Å². The number of nitrogens with two attached hydrogens (primary N) is 1. The van der Waals surface area contributed by atoms with Gasteiger partial charge >= 0.3 is 12.3 Å². The van der Waals surface area contributed by atoms with Crippen molar-refractivity contribution in [3.63, 3.8) is 0 Å². The fraction of sp³-hybridized carbons (Fsp3) is 0.207. The smallest absolute Gasteiger partial charge is 0.497 e. The van der Waals surface area contributed by atoms with Crippen molar-refractivity contribution in [2.24, 2.45) is 5.73 Å². The van der Waals surface area contributed by atoms with E-state index < -0.39 is 40.7 Å². The largest absolute Gasteiger partial charge is 0.573 e. The summed E-state index contributed by atoms with van der Waals surface area (Å²) >= 11 is 3.38. The van der Waals surface area contributed by atoms with Crippen LogP contribution < -0.4 is 15.2 Å². The number of ketones is 1. The fourth-order valence-electron chi connectivity index (χ4n) is 4.60. The number of carbonyl (C=O) groups is 3. The monoisotopic (exact) mass is 648 g/mol. The van der Waals surface area contributed by atoms with Crippen LogP contribution in [0.5, 0.6) is 11.5 Å². The summed E-state index contributed by atoms with van der Waals surface area (Å²) in [7, 11) is 1.54. The van der Waals surface area contributed by atoms with Gasteiger partial charge < -0.3 is 20.3 Å². The van der Waals surface area contributed by atoms with Gasteiger partial charge in [0.15, 0.2) is 11.3 Å². The van der Waals surface area contributed by atoms with Gasteiger partial charge in [0.25, 0.3) is 5.91 Å². The van der Waals surface area contributed by atoms with Crippen molar-refractivity contribution in [2.75, 3.05) is 18.6 Å². The first-order valence-corrected chi connectivity index (χ1v) is 15.4. The Kier molecular flexibility index (Phi) is 8.75. The molecule has 3 aromatic carbocycles. The zero-order valence-electron chi connectivity index (χ0n) is 22.3. The Hall–Kier alpha value is -3.59. The van der Waals surface area contributed by atoms with Gasteiger partial charge in [0.1, 0.15) is 22.6 Å². The molecule has 14 heteroatoms. The number of rotatable bonds is 10. The maximum Gasteiger partial charge on any atom is 0.573 e. The fourth-order valence-corrected chi connectivity index (χ4v) is 8.17. The molecule has 2 heterocycles. The van der Waals surface area contributed by atoms with Crippen LogP contribution in [0.3, 0.4) is 0 Å². The Morgan fingerprint density at radius 3 is 2.40 bits per heavy atom. The third-order valence-corrected chi connectivity index (χ3v) is 10.4. The van der Waals surface area contributed by atoms with Crippen LogP contribution in [0, 0.1) is 0 Å². The standard InChI is InChI=1S/C29H23F3N2O6S3/c1-39-17-7-10-19(11-8-17)41-15-23(35)28(33)26(38)34-24(25(36)37)22(14-42-27(28)34)43-21-12-9-18(40-29(30,31)32)13-20(21)16-5-3-2-4-6-16/h2-13,27H,14-15,33H2,1H3,(H,36,37)/t27-,28?/m0/s1. The van der Waals surface area contributed by atoms with E-state index in [1.54, 1.807) is 54.6 Å². The zero-order valence-corrected chi connectivity index (χ0v) is 24.7. The molecule has 5 rings (SSSR count). The van der Waals surface area contributed by atoms with Crippen molar-refractivity contribution in [2.45, 2.75) is 27.1 Å². The van der Waals surface area contributed by atoms with E-state index in [9.17, 15) is 32.7 Å². The van der Waals surface area contributed by atoms with E-state index in [0.717, 1.165) is 39.4 Å². The number of carboxylic acids is 1. The molecule has 0 bridgehead atoms. The summed E-state index contributed by atoms with van der Waals surface area (Å²) in [6.45, 7) is 0. The average Bonchev–Trinajstić information content (AvgIpc) is 2.99. The van der Waals surface area contributed by atoms with Crippen molar-refractivity contribution >= 4 is 52.9 Å². The van der Waals surface area contributed by atoms with E-state index in [-0.39, 0.29) is 22.1 Å². The summed E-state index contributed by atoms with van der Waals surface area (Å²) in [4.78, 5) is 41.5. The highest BCUT2D eigenvalue weighted by atomic mass is 32.2. The van der Waals surface area contributed by atoms with Crippen LogP contribution in [-0.4, -0.2) is 63.6 Å². The minimum absolute atomic E-state index is 0.0972. The first-order valence-electron chi connectivity index (χ1n) is 12.6. The van der Waals surface area contributed by atoms with Gasteiger partial charge in [0.2, 0.25) is 0 Å². The van der Waals surface area contributed by atoms with Crippen molar-refractivity contribution in [3.05, 3.63) is 83.4 Å². The van der Waals surface area contributed by atoms with Crippen LogP contribution in [0.1, 0.15) is 0 Å². The summed E-state index contributed by atoms with van der Waals surface area (Å²) in [6, 6.07) is 19.4. The Labute approximate surface area is 256 Å². The highest BCUT2D eigenvalue weighted by Crippen LogP contribution is 2.50. The minimum Gasteiger partial charge on any atom is -0.497 e. The normalized spacial score (nSPS) is 19.9. The van der Waals surface area contributed by atoms with Gasteiger partial charge in [0.05, 0.1) is 12.9 Å². The van der Waals surface area contributed by atoms with Crippen LogP contribution in [0.15, 0.2) is 93.2 Å². The first kappa shape index (κ1) is 30.9. The number of alkyl halides is 3. The van der Waals surface area contributed by atoms with Crippen LogP contribution >= 0.6 is 35.3 Å². The van der Waals surface area contributed by atoms with Crippen molar-refractivity contribution in [1.82, 2.24) is 4.90 Å². The van der Waals surface area contributed by atoms with E-state index in [0.29, 0.717) is 21.8 Å². The lowest BCUT2D eigenvalue weighted by Crippen LogP contribution is -2.81. The third kappa shape index (κ3) is 6.23. The van der Waals surface area contributed by atoms with Crippen LogP contribution in [0.25, 0.3) is 11.1 Å². The Bertz CT molecular complexity index is 1600. The number of methoxy groups -OCH3 is 1. The first-order chi connectivity index (χ1) is 20.4. The highest BCUT2D eigenvalue weighted by Gasteiger charge is 2.66. The number of benzene rings is 3. The number of β-lactam (4-membered cyclic amide) rings is 1. The second kappa shape index (κ2) is 12.2. The van der Waals surface area contributed by atoms with Crippen molar-refractivity contribution < 1.29 is 42.1 Å². The molecule has 224 valence electrons. The zero-order chi connectivity index (χ0) is 30.9. The second-order valence-electron chi connectivity index (χ2n) is 9.35. The molecule has 3 N–H and O–H groups in total. The van der Waals surface area contributed by atoms with Crippen LogP contribution in [0.4, 0.5) is 13.2 Å². The van der Waals surface area contributed by atoms with E-state index >= 15 is 0 Å². The number of hydrogen-bond acceptors (Lipinski definition) is 9. The molecule has 3 aromatic rings. The number of nitrogens with zero attached hydrogens (tertiary/aromatic N) is 1. The summed E-state index contributed by atoms with van der Waals surface area (Å²) in [6.07, 6.45) is -4.90. The van der Waals surface area contributed by atoms with Gasteiger partial charge in [-0.15, -0.1) is 36.7 Å². The molecular weight excluding hydrogens is 626 g/mol. The van der Waals surface area contributed by atoms with E-state index in [1.807, 2.05) is 0 Å². The molecule has 8 nitrogen and oxygen atoms in total. The molecule has 0 saturated carbocycles. The van der Waals surface area contributed by atoms with E-state index in [2.05, 4.69) is 4.74 Å². The van der Waals surface area contributed by atoms with Gasteiger partial charge in [0, 0.05) is 20.4 Å². The minimum atomic E-state index is -4.90. The van der Waals surface area contributed by atoms with Crippen LogP contribution in [-0.2, 0) is 14.4 Å². The van der Waals surface area contributed by atoms with Crippen molar-refractivity contribution in [3.8, 4) is 22.6 Å². The second-order valence-corrected chi connectivity index (χ2v) is 12.6. The molecule has 0 radical (unpaired) electrons. The summed E-state index contributed by atoms with van der Waals surface area (Å²) < 4.78 is 48.0. The molecule has 1 unspecified atom stereocenters. The number of fused-ring (bicyclic) bond motifs is 1. The number of amides is 1. The van der Waals surface area contributed by atoms with Crippen molar-refractivity contribution in [1.29, 1.82) is 0 Å². The molecule has 0 spiro atoms. The number of hydrogen-bond donors (Lipinski definition) is 2. The number of carbonyl (C=O) groups excluding carboxylic acids is 2. The Morgan fingerprint density at radius 1 is 1.09 bits per heavy atom. The molecule has 1 amide bonds. The van der Waals surface area contributed by atoms with Gasteiger partial charge in [-0.2, -0.15) is 0 Å². The lowest BCUT2D eigenvalue weighted by Gasteiger charge is -2.54. The molecule has 2 atom stereocenters. The maximum atomic E-state index is 13.3. The van der Waals surface area contributed by atoms with E-state index in [4.69, 9.17) is 10.5 Å². The third-order valence-electron chi connectivity index (χ3n) is 6.67. The Balaban J connectivity index is 1.40. The average molecular weight is 649 g/mol. The van der Waals surface area contributed by atoms with E-state index in [1.165, 1.54) is 31.0 Å². The molecule has 1 fully saturated rings. The molecule has 0 aliphatic carbocycles. The number of carboxylic acid groups (broad SMARTS) is 1. The topological polar surface area (TPSA) is 119 Å².